The number of rotatable bonds is 4. The molecule has 0 bridgehead atoms. The lowest BCUT2D eigenvalue weighted by atomic mass is 10.2. The molecule has 7 nitrogen and oxygen atoms in total. The average Bonchev–Trinajstić information content (AvgIpc) is 2.43. The van der Waals surface area contributed by atoms with Gasteiger partial charge in [-0.25, -0.2) is 8.42 Å². The van der Waals surface area contributed by atoms with Gasteiger partial charge < -0.3 is 15.8 Å². The standard InChI is InChI=1S/C12H17N3O4S/c1-8(20(3,18)19)12(16)15(2)10-6-4-9(5-7-10)11(13)14-17/h4-8,17H,1-3H3,(H2,13,14). The van der Waals surface area contributed by atoms with Gasteiger partial charge in [0.25, 0.3) is 0 Å². The average molecular weight is 299 g/mol. The second kappa shape index (κ2) is 5.91. The molecule has 0 aromatic heterocycles. The number of hydrogen-bond donors (Lipinski definition) is 2. The minimum atomic E-state index is -3.44. The third-order valence-electron chi connectivity index (χ3n) is 2.98. The van der Waals surface area contributed by atoms with E-state index >= 15 is 0 Å². The summed E-state index contributed by atoms with van der Waals surface area (Å²) in [5.74, 6) is -0.570. The summed E-state index contributed by atoms with van der Waals surface area (Å²) in [6.45, 7) is 1.35. The third-order valence-corrected chi connectivity index (χ3v) is 4.46. The van der Waals surface area contributed by atoms with Crippen LogP contribution < -0.4 is 10.6 Å². The number of amidine groups is 1. The van der Waals surface area contributed by atoms with Crippen LogP contribution in [0.25, 0.3) is 0 Å². The lowest BCUT2D eigenvalue weighted by Crippen LogP contribution is -2.38. The normalized spacial score (nSPS) is 13.8. The van der Waals surface area contributed by atoms with E-state index in [0.29, 0.717) is 11.3 Å². The molecule has 1 aromatic rings. The van der Waals surface area contributed by atoms with Gasteiger partial charge in [0.15, 0.2) is 15.7 Å². The summed E-state index contributed by atoms with van der Waals surface area (Å²) in [5.41, 5.74) is 6.43. The van der Waals surface area contributed by atoms with Crippen LogP contribution in [0.1, 0.15) is 12.5 Å². The van der Waals surface area contributed by atoms with Crippen LogP contribution in [0, 0.1) is 0 Å². The zero-order chi connectivity index (χ0) is 15.5. The van der Waals surface area contributed by atoms with E-state index in [1.165, 1.54) is 18.9 Å². The number of carbonyl (C=O) groups excluding carboxylic acids is 1. The minimum Gasteiger partial charge on any atom is -0.409 e. The summed E-state index contributed by atoms with van der Waals surface area (Å²) in [4.78, 5) is 13.3. The van der Waals surface area contributed by atoms with Crippen LogP contribution in [0.5, 0.6) is 0 Å². The molecule has 0 aliphatic rings. The van der Waals surface area contributed by atoms with Crippen LogP contribution in [0.4, 0.5) is 5.69 Å². The molecule has 1 unspecified atom stereocenters. The summed E-state index contributed by atoms with van der Waals surface area (Å²) >= 11 is 0. The van der Waals surface area contributed by atoms with Crippen molar-refractivity contribution in [1.29, 1.82) is 0 Å². The highest BCUT2D eigenvalue weighted by atomic mass is 32.2. The van der Waals surface area contributed by atoms with Crippen molar-refractivity contribution >= 4 is 27.3 Å². The number of nitrogens with zero attached hydrogens (tertiary/aromatic N) is 2. The largest absolute Gasteiger partial charge is 0.409 e. The Morgan fingerprint density at radius 3 is 2.25 bits per heavy atom. The minimum absolute atomic E-state index is 0.0463. The second-order valence-corrected chi connectivity index (χ2v) is 6.77. The first kappa shape index (κ1) is 16.0. The molecule has 1 amide bonds. The van der Waals surface area contributed by atoms with E-state index in [9.17, 15) is 13.2 Å². The number of oxime groups is 1. The summed E-state index contributed by atoms with van der Waals surface area (Å²) in [6.07, 6.45) is 1.02. The smallest absolute Gasteiger partial charge is 0.244 e. The van der Waals surface area contributed by atoms with Crippen LogP contribution in [0.2, 0.25) is 0 Å². The number of hydrogen-bond acceptors (Lipinski definition) is 5. The Bertz CT molecular complexity index is 623. The highest BCUT2D eigenvalue weighted by Gasteiger charge is 2.27. The molecule has 0 fully saturated rings. The van der Waals surface area contributed by atoms with Crippen LogP contribution in [-0.4, -0.2) is 43.9 Å². The Labute approximate surface area is 117 Å². The van der Waals surface area contributed by atoms with Crippen LogP contribution >= 0.6 is 0 Å². The summed E-state index contributed by atoms with van der Waals surface area (Å²) < 4.78 is 22.8. The van der Waals surface area contributed by atoms with Gasteiger partial charge >= 0.3 is 0 Å². The number of amides is 1. The van der Waals surface area contributed by atoms with E-state index in [1.807, 2.05) is 0 Å². The highest BCUT2D eigenvalue weighted by Crippen LogP contribution is 2.16. The SMILES string of the molecule is CC(C(=O)N(C)c1ccc(/C(N)=N/O)cc1)S(C)(=O)=O. The number of carbonyl (C=O) groups is 1. The van der Waals surface area contributed by atoms with Gasteiger partial charge in [-0.05, 0) is 31.2 Å². The van der Waals surface area contributed by atoms with Gasteiger partial charge in [-0.2, -0.15) is 0 Å². The van der Waals surface area contributed by atoms with E-state index in [-0.39, 0.29) is 5.84 Å². The van der Waals surface area contributed by atoms with Crippen LogP contribution in [0.15, 0.2) is 29.4 Å². The van der Waals surface area contributed by atoms with E-state index in [2.05, 4.69) is 5.16 Å². The maximum atomic E-state index is 12.0. The van der Waals surface area contributed by atoms with Crippen molar-refractivity contribution in [3.05, 3.63) is 29.8 Å². The maximum Gasteiger partial charge on any atom is 0.244 e. The second-order valence-electron chi connectivity index (χ2n) is 4.40. The van der Waals surface area contributed by atoms with Gasteiger partial charge in [0.1, 0.15) is 5.25 Å². The Hall–Kier alpha value is -2.09. The van der Waals surface area contributed by atoms with Gasteiger partial charge in [0.2, 0.25) is 5.91 Å². The van der Waals surface area contributed by atoms with E-state index < -0.39 is 21.0 Å². The van der Waals surface area contributed by atoms with E-state index in [0.717, 1.165) is 6.26 Å². The van der Waals surface area contributed by atoms with Crippen molar-refractivity contribution in [2.45, 2.75) is 12.2 Å². The summed E-state index contributed by atoms with van der Waals surface area (Å²) in [6, 6.07) is 6.30. The molecule has 0 heterocycles. The zero-order valence-corrected chi connectivity index (χ0v) is 12.3. The maximum absolute atomic E-state index is 12.0. The Kier molecular flexibility index (Phi) is 4.72. The van der Waals surface area contributed by atoms with Crippen molar-refractivity contribution in [2.24, 2.45) is 10.9 Å². The molecule has 110 valence electrons. The van der Waals surface area contributed by atoms with Crippen molar-refractivity contribution in [3.63, 3.8) is 0 Å². The first-order valence-electron chi connectivity index (χ1n) is 5.73. The molecule has 0 spiro atoms. The van der Waals surface area contributed by atoms with Crippen LogP contribution in [-0.2, 0) is 14.6 Å². The summed E-state index contributed by atoms with van der Waals surface area (Å²) in [7, 11) is -1.96. The highest BCUT2D eigenvalue weighted by molar-refractivity contribution is 7.92. The molecule has 1 atom stereocenters. The predicted molar refractivity (Wildman–Crippen MR) is 76.7 cm³/mol. The van der Waals surface area contributed by atoms with E-state index in [1.54, 1.807) is 24.3 Å². The molecular weight excluding hydrogens is 282 g/mol. The Morgan fingerprint density at radius 2 is 1.85 bits per heavy atom. The molecule has 8 heteroatoms. The fourth-order valence-electron chi connectivity index (χ4n) is 1.50. The Morgan fingerprint density at radius 1 is 1.35 bits per heavy atom. The van der Waals surface area contributed by atoms with Crippen molar-refractivity contribution < 1.29 is 18.4 Å². The predicted octanol–water partition coefficient (Wildman–Crippen LogP) is 0.177. The number of sulfone groups is 1. The molecule has 1 rings (SSSR count). The van der Waals surface area contributed by atoms with E-state index in [4.69, 9.17) is 10.9 Å². The van der Waals surface area contributed by atoms with Crippen molar-refractivity contribution in [1.82, 2.24) is 0 Å². The van der Waals surface area contributed by atoms with Crippen molar-refractivity contribution in [2.75, 3.05) is 18.2 Å². The third kappa shape index (κ3) is 3.47. The zero-order valence-electron chi connectivity index (χ0n) is 11.4. The number of benzene rings is 1. The van der Waals surface area contributed by atoms with Gasteiger partial charge in [-0.1, -0.05) is 5.16 Å². The molecule has 3 N–H and O–H groups in total. The van der Waals surface area contributed by atoms with Crippen molar-refractivity contribution in [3.8, 4) is 0 Å². The van der Waals surface area contributed by atoms with Gasteiger partial charge in [0, 0.05) is 24.6 Å². The van der Waals surface area contributed by atoms with Crippen LogP contribution in [0.3, 0.4) is 0 Å². The molecule has 1 aromatic carbocycles. The first-order chi connectivity index (χ1) is 9.18. The summed E-state index contributed by atoms with van der Waals surface area (Å²) in [5, 5.41) is 10.3. The lowest BCUT2D eigenvalue weighted by Gasteiger charge is -2.20. The molecule has 0 saturated heterocycles. The first-order valence-corrected chi connectivity index (χ1v) is 7.68. The molecule has 20 heavy (non-hydrogen) atoms. The number of nitrogens with two attached hydrogens (primary N) is 1. The monoisotopic (exact) mass is 299 g/mol. The number of anilines is 1. The molecular formula is C12H17N3O4S. The molecule has 0 saturated carbocycles. The molecule has 0 radical (unpaired) electrons. The van der Waals surface area contributed by atoms with Gasteiger partial charge in [-0.3, -0.25) is 4.79 Å². The quantitative estimate of drug-likeness (QED) is 0.356. The fraction of sp³-hybridized carbons (Fsp3) is 0.333. The topological polar surface area (TPSA) is 113 Å². The van der Waals surface area contributed by atoms with Gasteiger partial charge in [0.05, 0.1) is 0 Å². The fourth-order valence-corrected chi connectivity index (χ4v) is 2.02. The Balaban J connectivity index is 2.99. The molecule has 0 aliphatic heterocycles. The van der Waals surface area contributed by atoms with Gasteiger partial charge in [-0.15, -0.1) is 0 Å². The lowest BCUT2D eigenvalue weighted by molar-refractivity contribution is -0.117. The molecule has 0 aliphatic carbocycles.